The van der Waals surface area contributed by atoms with Crippen molar-refractivity contribution < 1.29 is 0 Å². The van der Waals surface area contributed by atoms with Crippen molar-refractivity contribution in [2.75, 3.05) is 13.1 Å². The van der Waals surface area contributed by atoms with Gasteiger partial charge in [-0.15, -0.1) is 11.3 Å². The van der Waals surface area contributed by atoms with Crippen molar-refractivity contribution in [2.24, 2.45) is 0 Å². The lowest BCUT2D eigenvalue weighted by Crippen LogP contribution is -2.50. The topological polar surface area (TPSA) is 37.0 Å². The quantitative estimate of drug-likeness (QED) is 0.893. The predicted octanol–water partition coefficient (Wildman–Crippen LogP) is 2.77. The summed E-state index contributed by atoms with van der Waals surface area (Å²) in [5.41, 5.74) is 1.53. The molecular weight excluding hydrogens is 254 g/mol. The minimum atomic E-state index is 0.139. The Hall–Kier alpha value is -0.450. The maximum Gasteiger partial charge on any atom is 0.113 e. The van der Waals surface area contributed by atoms with Gasteiger partial charge in [-0.05, 0) is 38.8 Å². The van der Waals surface area contributed by atoms with E-state index in [-0.39, 0.29) is 11.0 Å². The van der Waals surface area contributed by atoms with Gasteiger partial charge in [-0.1, -0.05) is 20.8 Å². The third kappa shape index (κ3) is 2.86. The molecule has 4 heteroatoms. The average Bonchev–Trinajstić information content (AvgIpc) is 3.01. The van der Waals surface area contributed by atoms with Gasteiger partial charge in [0.1, 0.15) is 5.01 Å². The van der Waals surface area contributed by atoms with Crippen LogP contribution >= 0.6 is 11.3 Å². The van der Waals surface area contributed by atoms with Crippen LogP contribution in [0.3, 0.4) is 0 Å². The van der Waals surface area contributed by atoms with E-state index in [0.29, 0.717) is 0 Å². The van der Waals surface area contributed by atoms with Crippen LogP contribution < -0.4 is 10.6 Å². The lowest BCUT2D eigenvalue weighted by molar-refractivity contribution is 0.241. The molecule has 2 fully saturated rings. The van der Waals surface area contributed by atoms with Gasteiger partial charge in [0.2, 0.25) is 0 Å². The molecule has 2 aliphatic rings. The van der Waals surface area contributed by atoms with Crippen LogP contribution in [0.1, 0.15) is 57.2 Å². The Morgan fingerprint density at radius 3 is 2.53 bits per heavy atom. The Labute approximate surface area is 120 Å². The van der Waals surface area contributed by atoms with Crippen molar-refractivity contribution in [1.82, 2.24) is 15.6 Å². The first-order chi connectivity index (χ1) is 9.00. The molecular formula is C15H25N3S. The second kappa shape index (κ2) is 4.83. The Balaban J connectivity index is 1.87. The molecule has 1 aliphatic heterocycles. The van der Waals surface area contributed by atoms with Gasteiger partial charge in [0.05, 0.1) is 11.2 Å². The standard InChI is InChI=1S/C15H25N3S/c1-14(2,3)12-10-19-13(17-12)15(18-11-4-5-11)6-8-16-9-7-15/h10-11,16,18H,4-9H2,1-3H3. The number of piperidine rings is 1. The highest BCUT2D eigenvalue weighted by molar-refractivity contribution is 7.09. The average molecular weight is 279 g/mol. The summed E-state index contributed by atoms with van der Waals surface area (Å²) in [5, 5.41) is 10.9. The lowest BCUT2D eigenvalue weighted by atomic mass is 9.88. The van der Waals surface area contributed by atoms with Crippen molar-refractivity contribution in [3.05, 3.63) is 16.1 Å². The molecule has 0 spiro atoms. The molecule has 0 aromatic carbocycles. The highest BCUT2D eigenvalue weighted by Gasteiger charge is 2.41. The molecule has 0 bridgehead atoms. The van der Waals surface area contributed by atoms with Crippen LogP contribution in [0.25, 0.3) is 0 Å². The summed E-state index contributed by atoms with van der Waals surface area (Å²) >= 11 is 1.85. The van der Waals surface area contributed by atoms with Gasteiger partial charge in [-0.3, -0.25) is 0 Å². The van der Waals surface area contributed by atoms with E-state index >= 15 is 0 Å². The highest BCUT2D eigenvalue weighted by atomic mass is 32.1. The number of thiazole rings is 1. The minimum absolute atomic E-state index is 0.139. The molecule has 1 aromatic heterocycles. The van der Waals surface area contributed by atoms with E-state index in [4.69, 9.17) is 4.98 Å². The van der Waals surface area contributed by atoms with E-state index in [1.807, 2.05) is 11.3 Å². The van der Waals surface area contributed by atoms with E-state index in [9.17, 15) is 0 Å². The fourth-order valence-corrected chi connectivity index (χ4v) is 4.00. The Morgan fingerprint density at radius 1 is 1.32 bits per heavy atom. The Kier molecular flexibility index (Phi) is 3.44. The van der Waals surface area contributed by atoms with Gasteiger partial charge in [-0.25, -0.2) is 4.98 Å². The molecule has 2 heterocycles. The highest BCUT2D eigenvalue weighted by Crippen LogP contribution is 2.38. The first-order valence-corrected chi connectivity index (χ1v) is 8.32. The predicted molar refractivity (Wildman–Crippen MR) is 80.8 cm³/mol. The summed E-state index contributed by atoms with van der Waals surface area (Å²) in [4.78, 5) is 4.99. The third-order valence-electron chi connectivity index (χ3n) is 4.20. The van der Waals surface area contributed by atoms with Crippen LogP contribution in [-0.2, 0) is 11.0 Å². The monoisotopic (exact) mass is 279 g/mol. The van der Waals surface area contributed by atoms with Crippen molar-refractivity contribution >= 4 is 11.3 Å². The van der Waals surface area contributed by atoms with Crippen molar-refractivity contribution in [1.29, 1.82) is 0 Å². The summed E-state index contributed by atoms with van der Waals surface area (Å²) in [6.45, 7) is 8.94. The number of nitrogens with one attached hydrogen (secondary N) is 2. The van der Waals surface area contributed by atoms with Crippen molar-refractivity contribution in [2.45, 2.75) is 63.5 Å². The molecule has 19 heavy (non-hydrogen) atoms. The summed E-state index contributed by atoms with van der Waals surface area (Å²) in [7, 11) is 0. The fourth-order valence-electron chi connectivity index (χ4n) is 2.73. The summed E-state index contributed by atoms with van der Waals surface area (Å²) in [5.74, 6) is 0. The molecule has 2 N–H and O–H groups in total. The van der Waals surface area contributed by atoms with Crippen LogP contribution in [0.2, 0.25) is 0 Å². The third-order valence-corrected chi connectivity index (χ3v) is 5.24. The molecule has 1 saturated heterocycles. The normalized spacial score (nSPS) is 23.5. The fraction of sp³-hybridized carbons (Fsp3) is 0.800. The Bertz CT molecular complexity index is 436. The number of hydrogen-bond acceptors (Lipinski definition) is 4. The van der Waals surface area contributed by atoms with Gasteiger partial charge in [0.15, 0.2) is 0 Å². The van der Waals surface area contributed by atoms with E-state index in [1.54, 1.807) is 0 Å². The molecule has 0 amide bonds. The van der Waals surface area contributed by atoms with Gasteiger partial charge in [-0.2, -0.15) is 0 Å². The summed E-state index contributed by atoms with van der Waals surface area (Å²) in [6.07, 6.45) is 5.01. The largest absolute Gasteiger partial charge is 0.317 e. The number of nitrogens with zero attached hydrogens (tertiary/aromatic N) is 1. The zero-order valence-corrected chi connectivity index (χ0v) is 13.1. The van der Waals surface area contributed by atoms with Crippen LogP contribution in [0.4, 0.5) is 0 Å². The van der Waals surface area contributed by atoms with Gasteiger partial charge in [0, 0.05) is 16.8 Å². The SMILES string of the molecule is CC(C)(C)c1csc(C2(NC3CC3)CCNCC2)n1. The van der Waals surface area contributed by atoms with E-state index in [2.05, 4.69) is 36.8 Å². The van der Waals surface area contributed by atoms with Crippen LogP contribution in [-0.4, -0.2) is 24.1 Å². The van der Waals surface area contributed by atoms with E-state index in [0.717, 1.165) is 19.1 Å². The van der Waals surface area contributed by atoms with Gasteiger partial charge < -0.3 is 10.6 Å². The number of aromatic nitrogens is 1. The van der Waals surface area contributed by atoms with Crippen LogP contribution in [0.5, 0.6) is 0 Å². The van der Waals surface area contributed by atoms with E-state index < -0.39 is 0 Å². The maximum absolute atomic E-state index is 4.99. The lowest BCUT2D eigenvalue weighted by Gasteiger charge is -2.37. The maximum atomic E-state index is 4.99. The number of rotatable bonds is 3. The van der Waals surface area contributed by atoms with Crippen molar-refractivity contribution in [3.63, 3.8) is 0 Å². The van der Waals surface area contributed by atoms with E-state index in [1.165, 1.54) is 36.4 Å². The molecule has 1 aliphatic carbocycles. The molecule has 3 rings (SSSR count). The zero-order valence-electron chi connectivity index (χ0n) is 12.3. The minimum Gasteiger partial charge on any atom is -0.317 e. The zero-order chi connectivity index (χ0) is 13.5. The molecule has 106 valence electrons. The molecule has 0 unspecified atom stereocenters. The summed E-state index contributed by atoms with van der Waals surface area (Å²) < 4.78 is 0. The Morgan fingerprint density at radius 2 is 2.00 bits per heavy atom. The number of hydrogen-bond donors (Lipinski definition) is 2. The molecule has 1 aromatic rings. The second-order valence-electron chi connectivity index (χ2n) is 7.04. The van der Waals surface area contributed by atoms with Crippen LogP contribution in [0, 0.1) is 0 Å². The first kappa shape index (κ1) is 13.5. The molecule has 1 saturated carbocycles. The second-order valence-corrected chi connectivity index (χ2v) is 7.90. The summed E-state index contributed by atoms with van der Waals surface area (Å²) in [6, 6.07) is 0.736. The van der Waals surface area contributed by atoms with Crippen molar-refractivity contribution in [3.8, 4) is 0 Å². The molecule has 0 atom stereocenters. The molecule has 0 radical (unpaired) electrons. The first-order valence-electron chi connectivity index (χ1n) is 7.45. The van der Waals surface area contributed by atoms with Crippen LogP contribution in [0.15, 0.2) is 5.38 Å². The smallest absolute Gasteiger partial charge is 0.113 e. The molecule has 3 nitrogen and oxygen atoms in total. The van der Waals surface area contributed by atoms with Gasteiger partial charge >= 0.3 is 0 Å². The van der Waals surface area contributed by atoms with Gasteiger partial charge in [0.25, 0.3) is 0 Å².